The minimum absolute atomic E-state index is 0.131. The van der Waals surface area contributed by atoms with Gasteiger partial charge in [0.15, 0.2) is 0 Å². The topological polar surface area (TPSA) is 106 Å². The SMILES string of the molecule is N=[S-](=O)c1cccc(Oc2ccc([N+](=O)[O-])cn2)c1. The Morgan fingerprint density at radius 1 is 1.32 bits per heavy atom. The third-order valence-electron chi connectivity index (χ3n) is 2.17. The molecule has 19 heavy (non-hydrogen) atoms. The Morgan fingerprint density at radius 2 is 2.11 bits per heavy atom. The molecule has 0 radical (unpaired) electrons. The van der Waals surface area contributed by atoms with Gasteiger partial charge in [-0.2, -0.15) is 10.6 Å². The highest BCUT2D eigenvalue weighted by Crippen LogP contribution is 2.22. The predicted molar refractivity (Wildman–Crippen MR) is 66.4 cm³/mol. The molecule has 98 valence electrons. The normalized spacial score (nSPS) is 10.4. The number of nitrogens with zero attached hydrogens (tertiary/aromatic N) is 2. The summed E-state index contributed by atoms with van der Waals surface area (Å²) in [5.41, 5.74) is -0.131. The smallest absolute Gasteiger partial charge is 0.287 e. The molecule has 1 aromatic heterocycles. The van der Waals surface area contributed by atoms with Crippen LogP contribution < -0.4 is 4.74 Å². The molecular weight excluding hydrogens is 270 g/mol. The minimum atomic E-state index is -1.85. The molecule has 0 saturated carbocycles. The van der Waals surface area contributed by atoms with Crippen LogP contribution in [-0.2, 0) is 14.8 Å². The maximum absolute atomic E-state index is 11.0. The largest absolute Gasteiger partial charge is 0.440 e. The van der Waals surface area contributed by atoms with Crippen molar-refractivity contribution in [3.63, 3.8) is 0 Å². The lowest BCUT2D eigenvalue weighted by Gasteiger charge is -2.07. The lowest BCUT2D eigenvalue weighted by Crippen LogP contribution is -1.91. The van der Waals surface area contributed by atoms with Gasteiger partial charge in [-0.05, 0) is 12.1 Å². The second kappa shape index (κ2) is 5.44. The van der Waals surface area contributed by atoms with E-state index in [0.29, 0.717) is 10.6 Å². The summed E-state index contributed by atoms with van der Waals surface area (Å²) in [5, 5.41) is 10.5. The second-order valence-corrected chi connectivity index (χ2v) is 4.47. The highest BCUT2D eigenvalue weighted by molar-refractivity contribution is 7.73. The van der Waals surface area contributed by atoms with Crippen molar-refractivity contribution >= 4 is 16.3 Å². The minimum Gasteiger partial charge on any atom is -0.440 e. The van der Waals surface area contributed by atoms with E-state index in [9.17, 15) is 14.3 Å². The summed E-state index contributed by atoms with van der Waals surface area (Å²) in [4.78, 5) is 14.0. The number of hydrogen-bond donors (Lipinski definition) is 1. The fourth-order valence-electron chi connectivity index (χ4n) is 1.31. The van der Waals surface area contributed by atoms with Crippen LogP contribution in [0, 0.1) is 14.9 Å². The van der Waals surface area contributed by atoms with Gasteiger partial charge in [0.1, 0.15) is 11.9 Å². The van der Waals surface area contributed by atoms with Gasteiger partial charge in [-0.3, -0.25) is 10.1 Å². The van der Waals surface area contributed by atoms with Crippen LogP contribution in [0.5, 0.6) is 11.6 Å². The first kappa shape index (κ1) is 13.0. The Morgan fingerprint density at radius 3 is 2.68 bits per heavy atom. The Kier molecular flexibility index (Phi) is 3.71. The second-order valence-electron chi connectivity index (χ2n) is 3.46. The molecule has 0 aliphatic carbocycles. The highest BCUT2D eigenvalue weighted by atomic mass is 32.2. The van der Waals surface area contributed by atoms with Crippen molar-refractivity contribution in [1.29, 1.82) is 4.78 Å². The monoisotopic (exact) mass is 278 g/mol. The third-order valence-corrected chi connectivity index (χ3v) is 2.86. The Balaban J connectivity index is 2.21. The van der Waals surface area contributed by atoms with Crippen LogP contribution in [0.15, 0.2) is 47.5 Å². The van der Waals surface area contributed by atoms with Crippen molar-refractivity contribution in [2.75, 3.05) is 0 Å². The number of hydrogen-bond acceptors (Lipinski definition) is 7. The van der Waals surface area contributed by atoms with E-state index in [2.05, 4.69) is 4.98 Å². The van der Waals surface area contributed by atoms with Gasteiger partial charge in [-0.1, -0.05) is 17.0 Å². The van der Waals surface area contributed by atoms with Crippen LogP contribution in [0.3, 0.4) is 0 Å². The van der Waals surface area contributed by atoms with Crippen LogP contribution in [0.2, 0.25) is 0 Å². The van der Waals surface area contributed by atoms with E-state index in [1.165, 1.54) is 18.2 Å². The molecule has 1 heterocycles. The first-order chi connectivity index (χ1) is 9.06. The van der Waals surface area contributed by atoms with Gasteiger partial charge >= 0.3 is 0 Å². The number of aromatic nitrogens is 1. The molecule has 0 saturated heterocycles. The summed E-state index contributed by atoms with van der Waals surface area (Å²) < 4.78 is 23.5. The van der Waals surface area contributed by atoms with Gasteiger partial charge in [0, 0.05) is 12.1 Å². The summed E-state index contributed by atoms with van der Waals surface area (Å²) in [7, 11) is -1.85. The Hall–Kier alpha value is -2.48. The van der Waals surface area contributed by atoms with Crippen molar-refractivity contribution < 1.29 is 13.9 Å². The third kappa shape index (κ3) is 3.26. The maximum Gasteiger partial charge on any atom is 0.287 e. The van der Waals surface area contributed by atoms with E-state index >= 15 is 0 Å². The number of benzene rings is 1. The number of ether oxygens (including phenoxy) is 1. The fraction of sp³-hybridized carbons (Fsp3) is 0. The number of nitro groups is 1. The number of rotatable bonds is 4. The van der Waals surface area contributed by atoms with E-state index in [0.717, 1.165) is 6.20 Å². The quantitative estimate of drug-likeness (QED) is 0.525. The summed E-state index contributed by atoms with van der Waals surface area (Å²) in [6, 6.07) is 8.84. The van der Waals surface area contributed by atoms with Crippen molar-refractivity contribution in [2.45, 2.75) is 4.90 Å². The van der Waals surface area contributed by atoms with E-state index in [1.54, 1.807) is 18.2 Å². The molecule has 0 aliphatic heterocycles. The number of pyridine rings is 1. The summed E-state index contributed by atoms with van der Waals surface area (Å²) in [5.74, 6) is 0.540. The van der Waals surface area contributed by atoms with Crippen molar-refractivity contribution in [3.05, 3.63) is 52.7 Å². The summed E-state index contributed by atoms with van der Waals surface area (Å²) >= 11 is 0. The molecule has 1 aromatic carbocycles. The lowest BCUT2D eigenvalue weighted by molar-refractivity contribution is -0.385. The van der Waals surface area contributed by atoms with Crippen molar-refractivity contribution in [2.24, 2.45) is 0 Å². The molecule has 0 unspecified atom stereocenters. The average molecular weight is 278 g/mol. The molecule has 7 nitrogen and oxygen atoms in total. The van der Waals surface area contributed by atoms with Gasteiger partial charge in [0.25, 0.3) is 5.69 Å². The molecule has 0 atom stereocenters. The van der Waals surface area contributed by atoms with Crippen LogP contribution >= 0.6 is 0 Å². The zero-order chi connectivity index (χ0) is 13.8. The van der Waals surface area contributed by atoms with E-state index < -0.39 is 15.5 Å². The molecule has 2 rings (SSSR count). The zero-order valence-corrected chi connectivity index (χ0v) is 10.3. The molecule has 0 fully saturated rings. The highest BCUT2D eigenvalue weighted by Gasteiger charge is 2.06. The molecule has 2 aromatic rings. The van der Waals surface area contributed by atoms with Crippen molar-refractivity contribution in [3.8, 4) is 11.6 Å². The number of nitrogens with one attached hydrogen (secondary N) is 1. The van der Waals surface area contributed by atoms with Crippen LogP contribution in [-0.4, -0.2) is 9.91 Å². The Bertz CT molecular complexity index is 675. The molecule has 0 aliphatic rings. The van der Waals surface area contributed by atoms with Gasteiger partial charge in [0.05, 0.1) is 4.92 Å². The van der Waals surface area contributed by atoms with Crippen molar-refractivity contribution in [1.82, 2.24) is 4.98 Å². The molecule has 1 N–H and O–H groups in total. The van der Waals surface area contributed by atoms with Gasteiger partial charge < -0.3 is 13.7 Å². The Labute approximate surface area is 110 Å². The lowest BCUT2D eigenvalue weighted by atomic mass is 10.3. The van der Waals surface area contributed by atoms with Crippen LogP contribution in [0.4, 0.5) is 5.69 Å². The molecule has 0 amide bonds. The predicted octanol–water partition coefficient (Wildman–Crippen LogP) is 2.87. The average Bonchev–Trinajstić information content (AvgIpc) is 2.39. The maximum atomic E-state index is 11.0. The zero-order valence-electron chi connectivity index (χ0n) is 9.48. The van der Waals surface area contributed by atoms with Crippen LogP contribution in [0.25, 0.3) is 0 Å². The molecular formula is C11H8N3O4S-. The standard InChI is InChI=1S/C11H8N3O4S/c12-19(17)10-3-1-2-9(6-10)18-11-5-4-8(7-13-11)14(15)16/h1-7,12H/q-1. The van der Waals surface area contributed by atoms with E-state index in [1.807, 2.05) is 0 Å². The van der Waals surface area contributed by atoms with Gasteiger partial charge in [-0.25, -0.2) is 4.98 Å². The van der Waals surface area contributed by atoms with Gasteiger partial charge in [-0.15, -0.1) is 0 Å². The van der Waals surface area contributed by atoms with Gasteiger partial charge in [0.2, 0.25) is 5.88 Å². The van der Waals surface area contributed by atoms with Crippen LogP contribution in [0.1, 0.15) is 0 Å². The first-order valence-corrected chi connectivity index (χ1v) is 6.22. The van der Waals surface area contributed by atoms with E-state index in [4.69, 9.17) is 9.52 Å². The summed E-state index contributed by atoms with van der Waals surface area (Å²) in [6.45, 7) is 0. The fourth-order valence-corrected chi connectivity index (χ4v) is 1.74. The molecule has 8 heteroatoms. The molecule has 0 bridgehead atoms. The molecule has 0 spiro atoms. The first-order valence-electron chi connectivity index (χ1n) is 5.07. The summed E-state index contributed by atoms with van der Waals surface area (Å²) in [6.07, 6.45) is 1.09. The van der Waals surface area contributed by atoms with E-state index in [-0.39, 0.29) is 11.6 Å².